The monoisotopic (exact) mass is 662 g/mol. The van der Waals surface area contributed by atoms with Gasteiger partial charge < -0.3 is 9.32 Å². The topological polar surface area (TPSA) is 122 Å². The Kier molecular flexibility index (Phi) is 7.53. The molecule has 0 radical (unpaired) electrons. The molecule has 236 valence electrons. The third kappa shape index (κ3) is 5.61. The molecule has 5 aromatic rings. The van der Waals surface area contributed by atoms with Crippen molar-refractivity contribution in [2.24, 2.45) is 0 Å². The van der Waals surface area contributed by atoms with E-state index in [1.165, 1.54) is 18.3 Å². The number of nitrogens with zero attached hydrogens (tertiary/aromatic N) is 3. The molecule has 2 heterocycles. The van der Waals surface area contributed by atoms with Gasteiger partial charge in [0, 0.05) is 41.2 Å². The first-order valence-electron chi connectivity index (χ1n) is 15.0. The summed E-state index contributed by atoms with van der Waals surface area (Å²) >= 11 is 1.29. The number of hydrogen-bond donors (Lipinski definition) is 1. The standard InChI is InChI=1S/C36H30N4O5S2/c1-5-40(19-22-10-7-6-8-11-22)23-14-15-26-29(17-23)45-35-32(36-38-28-16-20(2)25(21(3)41)18-30(28)46-36)34(42)24-12-9-13-27(39-47(4,43)44)31(24)33(35)37-26/h6-18,39H,5,19H2,1-4H3. The van der Waals surface area contributed by atoms with Crippen LogP contribution in [0.4, 0.5) is 11.4 Å². The first-order valence-corrected chi connectivity index (χ1v) is 17.7. The van der Waals surface area contributed by atoms with E-state index in [-0.39, 0.29) is 33.6 Å². The third-order valence-electron chi connectivity index (χ3n) is 8.19. The molecule has 4 aromatic carbocycles. The molecular formula is C36H30N4O5S2. The van der Waals surface area contributed by atoms with E-state index in [0.29, 0.717) is 44.8 Å². The number of aromatic nitrogens is 2. The van der Waals surface area contributed by atoms with Crippen molar-refractivity contribution in [2.45, 2.75) is 27.3 Å². The second kappa shape index (κ2) is 11.6. The Morgan fingerprint density at radius 1 is 0.979 bits per heavy atom. The number of nitrogens with one attached hydrogen (secondary N) is 1. The minimum atomic E-state index is -3.69. The molecule has 11 heteroatoms. The average molecular weight is 663 g/mol. The Hall–Kier alpha value is -5.13. The minimum Gasteiger partial charge on any atom is -0.452 e. The number of carbonyl (C=O) groups is 1. The number of thiazole rings is 1. The van der Waals surface area contributed by atoms with Crippen LogP contribution in [0.1, 0.15) is 35.3 Å². The van der Waals surface area contributed by atoms with Crippen LogP contribution >= 0.6 is 11.3 Å². The fraction of sp³-hybridized carbons (Fsp3) is 0.167. The third-order valence-corrected chi connectivity index (χ3v) is 9.82. The molecule has 9 nitrogen and oxygen atoms in total. The number of ketones is 1. The summed E-state index contributed by atoms with van der Waals surface area (Å²) in [5.74, 6) is 0.143. The zero-order chi connectivity index (χ0) is 33.0. The molecule has 0 unspecified atom stereocenters. The summed E-state index contributed by atoms with van der Waals surface area (Å²) in [6.45, 7) is 6.90. The maximum atomic E-state index is 14.4. The number of Topliss-reactive ketones (excluding diaryl/α,β-unsaturated/α-hetero) is 1. The molecule has 0 fully saturated rings. The number of benzene rings is 5. The van der Waals surface area contributed by atoms with Crippen molar-refractivity contribution in [3.63, 3.8) is 0 Å². The van der Waals surface area contributed by atoms with Gasteiger partial charge in [0.25, 0.3) is 0 Å². The van der Waals surface area contributed by atoms with E-state index in [1.54, 1.807) is 24.3 Å². The first-order chi connectivity index (χ1) is 22.5. The molecule has 7 rings (SSSR count). The molecule has 1 aliphatic heterocycles. The summed E-state index contributed by atoms with van der Waals surface area (Å²) in [6.07, 6.45) is 1.06. The van der Waals surface area contributed by atoms with Crippen LogP contribution in [0.2, 0.25) is 0 Å². The van der Waals surface area contributed by atoms with Crippen molar-refractivity contribution in [1.29, 1.82) is 0 Å². The van der Waals surface area contributed by atoms with Crippen LogP contribution in [-0.2, 0) is 16.6 Å². The lowest BCUT2D eigenvalue weighted by molar-refractivity contribution is 0.101. The molecule has 0 amide bonds. The van der Waals surface area contributed by atoms with Gasteiger partial charge in [0.1, 0.15) is 21.8 Å². The Bertz CT molecular complexity index is 2510. The van der Waals surface area contributed by atoms with E-state index >= 15 is 0 Å². The highest BCUT2D eigenvalue weighted by atomic mass is 32.2. The molecule has 0 bridgehead atoms. The van der Waals surface area contributed by atoms with Gasteiger partial charge in [-0.25, -0.2) is 18.4 Å². The SMILES string of the molecule is CCN(Cc1ccccc1)c1ccc2nc3c4c(NS(C)(=O)=O)cccc4c(=O)c(-c4nc5cc(C)c(C(C)=O)cc5s4)c-3oc2c1. The summed E-state index contributed by atoms with van der Waals surface area (Å²) in [5, 5.41) is 1.03. The predicted molar refractivity (Wildman–Crippen MR) is 189 cm³/mol. The summed E-state index contributed by atoms with van der Waals surface area (Å²) in [6, 6.07) is 24.5. The van der Waals surface area contributed by atoms with Gasteiger partial charge >= 0.3 is 0 Å². The summed E-state index contributed by atoms with van der Waals surface area (Å²) < 4.78 is 34.6. The van der Waals surface area contributed by atoms with E-state index in [2.05, 4.69) is 28.7 Å². The molecular weight excluding hydrogens is 633 g/mol. The van der Waals surface area contributed by atoms with Gasteiger partial charge in [-0.05, 0) is 62.2 Å². The number of rotatable bonds is 8. The lowest BCUT2D eigenvalue weighted by Crippen LogP contribution is -2.21. The van der Waals surface area contributed by atoms with Crippen LogP contribution in [0, 0.1) is 6.92 Å². The number of aryl methyl sites for hydroxylation is 1. The van der Waals surface area contributed by atoms with Crippen LogP contribution in [0.25, 0.3) is 54.1 Å². The van der Waals surface area contributed by atoms with Gasteiger partial charge in [0.15, 0.2) is 17.1 Å². The van der Waals surface area contributed by atoms with Gasteiger partial charge in [0.2, 0.25) is 15.5 Å². The van der Waals surface area contributed by atoms with E-state index in [0.717, 1.165) is 34.3 Å². The molecule has 0 saturated carbocycles. The highest BCUT2D eigenvalue weighted by Crippen LogP contribution is 2.43. The smallest absolute Gasteiger partial charge is 0.229 e. The van der Waals surface area contributed by atoms with Gasteiger partial charge in [-0.15, -0.1) is 11.3 Å². The average Bonchev–Trinajstić information content (AvgIpc) is 3.44. The van der Waals surface area contributed by atoms with E-state index < -0.39 is 10.0 Å². The molecule has 0 spiro atoms. The highest BCUT2D eigenvalue weighted by Gasteiger charge is 2.28. The van der Waals surface area contributed by atoms with Gasteiger partial charge in [-0.2, -0.15) is 0 Å². The fourth-order valence-electron chi connectivity index (χ4n) is 6.01. The zero-order valence-corrected chi connectivity index (χ0v) is 27.8. The molecule has 0 atom stereocenters. The number of hydrogen-bond acceptors (Lipinski definition) is 9. The van der Waals surface area contributed by atoms with Gasteiger partial charge in [-0.1, -0.05) is 42.5 Å². The van der Waals surface area contributed by atoms with Crippen molar-refractivity contribution in [3.05, 3.63) is 106 Å². The second-order valence-corrected chi connectivity index (χ2v) is 14.3. The minimum absolute atomic E-state index is 0.0548. The first kappa shape index (κ1) is 30.5. The predicted octanol–water partition coefficient (Wildman–Crippen LogP) is 7.63. The summed E-state index contributed by atoms with van der Waals surface area (Å²) in [7, 11) is -3.69. The molecule has 0 saturated heterocycles. The maximum Gasteiger partial charge on any atom is 0.229 e. The normalized spacial score (nSPS) is 11.9. The largest absolute Gasteiger partial charge is 0.452 e. The molecule has 1 aliphatic carbocycles. The Morgan fingerprint density at radius 2 is 1.77 bits per heavy atom. The van der Waals surface area contributed by atoms with Crippen LogP contribution in [0.3, 0.4) is 0 Å². The maximum absolute atomic E-state index is 14.4. The lowest BCUT2D eigenvalue weighted by Gasteiger charge is -2.23. The Balaban J connectivity index is 1.51. The molecule has 1 N–H and O–H groups in total. The van der Waals surface area contributed by atoms with Crippen molar-refractivity contribution in [2.75, 3.05) is 22.4 Å². The van der Waals surface area contributed by atoms with E-state index in [1.807, 2.05) is 49.4 Å². The molecule has 1 aromatic heterocycles. The van der Waals surface area contributed by atoms with E-state index in [4.69, 9.17) is 14.4 Å². The van der Waals surface area contributed by atoms with Crippen molar-refractivity contribution >= 4 is 70.6 Å². The van der Waals surface area contributed by atoms with E-state index in [9.17, 15) is 18.0 Å². The quantitative estimate of drug-likeness (QED) is 0.100. The van der Waals surface area contributed by atoms with Crippen LogP contribution in [0.15, 0.2) is 88.1 Å². The molecule has 2 aliphatic rings. The number of sulfonamides is 1. The Morgan fingerprint density at radius 3 is 2.49 bits per heavy atom. The second-order valence-electron chi connectivity index (χ2n) is 11.6. The Labute approximate surface area is 274 Å². The van der Waals surface area contributed by atoms with Gasteiger partial charge in [-0.3, -0.25) is 14.3 Å². The molecule has 47 heavy (non-hydrogen) atoms. The highest BCUT2D eigenvalue weighted by molar-refractivity contribution is 7.92. The van der Waals surface area contributed by atoms with Crippen LogP contribution in [-0.4, -0.2) is 37.0 Å². The summed E-state index contributed by atoms with van der Waals surface area (Å²) in [5.41, 5.74) is 5.55. The lowest BCUT2D eigenvalue weighted by atomic mass is 9.98. The van der Waals surface area contributed by atoms with Crippen molar-refractivity contribution in [1.82, 2.24) is 9.97 Å². The number of anilines is 2. The van der Waals surface area contributed by atoms with Crippen molar-refractivity contribution in [3.8, 4) is 22.0 Å². The van der Waals surface area contributed by atoms with Crippen molar-refractivity contribution < 1.29 is 17.6 Å². The van der Waals surface area contributed by atoms with Crippen LogP contribution in [0.5, 0.6) is 0 Å². The summed E-state index contributed by atoms with van der Waals surface area (Å²) in [4.78, 5) is 38.7. The van der Waals surface area contributed by atoms with Gasteiger partial charge in [0.05, 0.1) is 22.2 Å². The number of fused-ring (bicyclic) bond motifs is 5. The van der Waals surface area contributed by atoms with Crippen LogP contribution < -0.4 is 15.1 Å². The fourth-order valence-corrected chi connectivity index (χ4v) is 7.60. The zero-order valence-electron chi connectivity index (χ0n) is 26.1. The number of carbonyl (C=O) groups excluding carboxylic acids is 1.